The minimum atomic E-state index is 0.783. The van der Waals surface area contributed by atoms with Crippen LogP contribution in [0.5, 0.6) is 0 Å². The molecule has 0 radical (unpaired) electrons. The Morgan fingerprint density at radius 2 is 2.50 bits per heavy atom. The van der Waals surface area contributed by atoms with Gasteiger partial charge in [0, 0.05) is 22.8 Å². The fraction of sp³-hybridized carbons (Fsp3) is 0.455. The second-order valence-corrected chi connectivity index (χ2v) is 5.19. The van der Waals surface area contributed by atoms with Gasteiger partial charge in [-0.25, -0.2) is 0 Å². The molecule has 2 rings (SSSR count). The first-order chi connectivity index (χ1) is 6.74. The maximum atomic E-state index is 5.85. The molecule has 1 N–H and O–H groups in total. The fourth-order valence-corrected chi connectivity index (χ4v) is 2.39. The van der Waals surface area contributed by atoms with Crippen LogP contribution in [-0.2, 0) is 0 Å². The number of nitrogens with one attached hydrogen (secondary N) is 1. The van der Waals surface area contributed by atoms with Gasteiger partial charge in [-0.3, -0.25) is 0 Å². The average Bonchev–Trinajstić information content (AvgIpc) is 2.88. The Hall–Kier alpha value is -0.310. The van der Waals surface area contributed by atoms with E-state index in [2.05, 4.69) is 18.3 Å². The molecule has 3 heteroatoms. The highest BCUT2D eigenvalue weighted by molar-refractivity contribution is 7.11. The first-order valence-electron chi connectivity index (χ1n) is 4.88. The summed E-state index contributed by atoms with van der Waals surface area (Å²) in [5, 5.41) is 6.29. The van der Waals surface area contributed by atoms with E-state index in [1.165, 1.54) is 23.3 Å². The largest absolute Gasteiger partial charge is 0.310 e. The normalized spacial score (nSPS) is 17.4. The molecule has 0 bridgehead atoms. The van der Waals surface area contributed by atoms with E-state index in [9.17, 15) is 0 Å². The Labute approximate surface area is 93.8 Å². The van der Waals surface area contributed by atoms with Gasteiger partial charge in [-0.05, 0) is 31.9 Å². The molecule has 1 aliphatic rings. The summed E-state index contributed by atoms with van der Waals surface area (Å²) in [7, 11) is 0. The van der Waals surface area contributed by atoms with Gasteiger partial charge in [0.15, 0.2) is 0 Å². The zero-order valence-corrected chi connectivity index (χ0v) is 9.79. The van der Waals surface area contributed by atoms with E-state index in [1.54, 1.807) is 11.3 Å². The second-order valence-electron chi connectivity index (χ2n) is 3.81. The third-order valence-electron chi connectivity index (χ3n) is 2.22. The molecule has 14 heavy (non-hydrogen) atoms. The lowest BCUT2D eigenvalue weighted by Gasteiger charge is -2.01. The van der Waals surface area contributed by atoms with Crippen LogP contribution in [-0.4, -0.2) is 12.6 Å². The number of hydrogen-bond donors (Lipinski definition) is 1. The minimum Gasteiger partial charge on any atom is -0.310 e. The van der Waals surface area contributed by atoms with Gasteiger partial charge < -0.3 is 5.32 Å². The van der Waals surface area contributed by atoms with Crippen molar-refractivity contribution in [2.24, 2.45) is 0 Å². The molecule has 76 valence electrons. The molecule has 0 amide bonds. The smallest absolute Gasteiger partial charge is 0.0519 e. The van der Waals surface area contributed by atoms with Crippen molar-refractivity contribution >= 4 is 29.0 Å². The molecular weight excluding hydrogens is 214 g/mol. The van der Waals surface area contributed by atoms with Crippen LogP contribution in [0, 0.1) is 0 Å². The van der Waals surface area contributed by atoms with Gasteiger partial charge in [-0.15, -0.1) is 11.3 Å². The number of halogens is 1. The molecule has 0 unspecified atom stereocenters. The average molecular weight is 228 g/mol. The van der Waals surface area contributed by atoms with Gasteiger partial charge >= 0.3 is 0 Å². The zero-order valence-electron chi connectivity index (χ0n) is 8.22. The van der Waals surface area contributed by atoms with Crippen molar-refractivity contribution in [2.75, 3.05) is 6.54 Å². The molecule has 0 aromatic carbocycles. The van der Waals surface area contributed by atoms with Crippen LogP contribution in [0.4, 0.5) is 0 Å². The summed E-state index contributed by atoms with van der Waals surface area (Å²) < 4.78 is 0. The lowest BCUT2D eigenvalue weighted by atomic mass is 10.2. The highest BCUT2D eigenvalue weighted by atomic mass is 35.5. The predicted octanol–water partition coefficient (Wildman–Crippen LogP) is 3.56. The third-order valence-corrected chi connectivity index (χ3v) is 3.45. The van der Waals surface area contributed by atoms with Crippen molar-refractivity contribution in [3.63, 3.8) is 0 Å². The standard InChI is InChI=1S/C11H14ClNS/c1-8(6-13-10-2-3-10)4-11-5-9(12)7-14-11/h4-5,7,10,13H,2-3,6H2,1H3. The maximum Gasteiger partial charge on any atom is 0.0519 e. The van der Waals surface area contributed by atoms with Crippen LogP contribution in [0.25, 0.3) is 6.08 Å². The van der Waals surface area contributed by atoms with Crippen LogP contribution < -0.4 is 5.32 Å². The molecule has 1 aromatic rings. The van der Waals surface area contributed by atoms with Gasteiger partial charge in [0.1, 0.15) is 0 Å². The summed E-state index contributed by atoms with van der Waals surface area (Å²) in [6, 6.07) is 2.79. The summed E-state index contributed by atoms with van der Waals surface area (Å²) in [5.41, 5.74) is 1.37. The molecular formula is C11H14ClNS. The molecule has 0 aliphatic heterocycles. The summed E-state index contributed by atoms with van der Waals surface area (Å²) in [4.78, 5) is 1.24. The summed E-state index contributed by atoms with van der Waals surface area (Å²) in [6.45, 7) is 3.16. The number of hydrogen-bond acceptors (Lipinski definition) is 2. The number of thiophene rings is 1. The van der Waals surface area contributed by atoms with Crippen molar-refractivity contribution in [1.29, 1.82) is 0 Å². The molecule has 0 spiro atoms. The van der Waals surface area contributed by atoms with Crippen LogP contribution >= 0.6 is 22.9 Å². The monoisotopic (exact) mass is 227 g/mol. The molecule has 1 heterocycles. The molecule has 1 nitrogen and oxygen atoms in total. The Balaban J connectivity index is 1.88. The van der Waals surface area contributed by atoms with E-state index >= 15 is 0 Å². The van der Waals surface area contributed by atoms with Crippen molar-refractivity contribution in [3.05, 3.63) is 26.9 Å². The van der Waals surface area contributed by atoms with Crippen molar-refractivity contribution < 1.29 is 0 Å². The molecule has 0 saturated heterocycles. The third kappa shape index (κ3) is 3.12. The van der Waals surface area contributed by atoms with E-state index in [0.29, 0.717) is 0 Å². The lowest BCUT2D eigenvalue weighted by Crippen LogP contribution is -2.18. The van der Waals surface area contributed by atoms with E-state index in [-0.39, 0.29) is 0 Å². The van der Waals surface area contributed by atoms with Gasteiger partial charge in [0.2, 0.25) is 0 Å². The number of rotatable bonds is 4. The first kappa shape index (κ1) is 10.2. The quantitative estimate of drug-likeness (QED) is 0.830. The van der Waals surface area contributed by atoms with Crippen LogP contribution in [0.15, 0.2) is 17.0 Å². The van der Waals surface area contributed by atoms with E-state index in [1.807, 2.05) is 11.4 Å². The Morgan fingerprint density at radius 3 is 3.07 bits per heavy atom. The molecule has 1 fully saturated rings. The predicted molar refractivity (Wildman–Crippen MR) is 64.0 cm³/mol. The van der Waals surface area contributed by atoms with E-state index in [4.69, 9.17) is 11.6 Å². The highest BCUT2D eigenvalue weighted by Gasteiger charge is 2.19. The van der Waals surface area contributed by atoms with E-state index < -0.39 is 0 Å². The van der Waals surface area contributed by atoms with Crippen LogP contribution in [0.2, 0.25) is 5.02 Å². The fourth-order valence-electron chi connectivity index (χ4n) is 1.29. The van der Waals surface area contributed by atoms with Gasteiger partial charge in [-0.2, -0.15) is 0 Å². The van der Waals surface area contributed by atoms with Gasteiger partial charge in [0.05, 0.1) is 5.02 Å². The molecule has 1 aromatic heterocycles. The van der Waals surface area contributed by atoms with Crippen molar-refractivity contribution in [1.82, 2.24) is 5.32 Å². The van der Waals surface area contributed by atoms with Crippen molar-refractivity contribution in [2.45, 2.75) is 25.8 Å². The van der Waals surface area contributed by atoms with Crippen molar-refractivity contribution in [3.8, 4) is 0 Å². The van der Waals surface area contributed by atoms with Gasteiger partial charge in [0.25, 0.3) is 0 Å². The maximum absolute atomic E-state index is 5.85. The minimum absolute atomic E-state index is 0.783. The Bertz CT molecular complexity index is 339. The van der Waals surface area contributed by atoms with Crippen LogP contribution in [0.1, 0.15) is 24.6 Å². The highest BCUT2D eigenvalue weighted by Crippen LogP contribution is 2.22. The summed E-state index contributed by atoms with van der Waals surface area (Å²) in [6.07, 6.45) is 4.89. The molecule has 0 atom stereocenters. The van der Waals surface area contributed by atoms with E-state index in [0.717, 1.165) is 17.6 Å². The Kier molecular flexibility index (Phi) is 3.26. The summed E-state index contributed by atoms with van der Waals surface area (Å²) in [5.74, 6) is 0. The van der Waals surface area contributed by atoms with Crippen LogP contribution in [0.3, 0.4) is 0 Å². The summed E-state index contributed by atoms with van der Waals surface area (Å²) >= 11 is 7.54. The lowest BCUT2D eigenvalue weighted by molar-refractivity contribution is 0.736. The molecule has 1 saturated carbocycles. The van der Waals surface area contributed by atoms with Gasteiger partial charge in [-0.1, -0.05) is 17.2 Å². The first-order valence-corrected chi connectivity index (χ1v) is 6.14. The SMILES string of the molecule is CC(=Cc1cc(Cl)cs1)CNC1CC1. The molecule has 1 aliphatic carbocycles. The zero-order chi connectivity index (χ0) is 9.97. The Morgan fingerprint density at radius 1 is 1.71 bits per heavy atom. The second kappa shape index (κ2) is 4.47. The topological polar surface area (TPSA) is 12.0 Å².